The summed E-state index contributed by atoms with van der Waals surface area (Å²) in [5, 5.41) is 18.1. The lowest BCUT2D eigenvalue weighted by Crippen LogP contribution is -2.07. The van der Waals surface area contributed by atoms with Crippen LogP contribution in [0.5, 0.6) is 11.5 Å². The van der Waals surface area contributed by atoms with Gasteiger partial charge in [-0.2, -0.15) is 0 Å². The average Bonchev–Trinajstić information content (AvgIpc) is 2.98. The minimum absolute atomic E-state index is 0.0114. The van der Waals surface area contributed by atoms with Crippen LogP contribution in [-0.4, -0.2) is 52.1 Å². The Balaban J connectivity index is 1.51. The Morgan fingerprint density at radius 2 is 1.50 bits per heavy atom. The molecule has 0 aliphatic heterocycles. The molecule has 42 heavy (non-hydrogen) atoms. The van der Waals surface area contributed by atoms with Gasteiger partial charge in [0.1, 0.15) is 11.5 Å². The molecule has 1 unspecified atom stereocenters. The molecule has 0 aliphatic carbocycles. The fourth-order valence-corrected chi connectivity index (χ4v) is 5.62. The molecule has 3 aromatic rings. The Bertz CT molecular complexity index is 1340. The minimum atomic E-state index is -1.12. The Hall–Kier alpha value is -3.30. The molecule has 2 N–H and O–H groups in total. The van der Waals surface area contributed by atoms with Crippen LogP contribution in [0.3, 0.4) is 0 Å². The minimum Gasteiger partial charge on any atom is -0.494 e. The van der Waals surface area contributed by atoms with Gasteiger partial charge in [-0.15, -0.1) is 11.8 Å². The van der Waals surface area contributed by atoms with Crippen LogP contribution < -0.4 is 9.47 Å². The van der Waals surface area contributed by atoms with Gasteiger partial charge < -0.3 is 19.7 Å². The number of unbranched alkanes of at least 4 members (excludes halogenated alkanes) is 3. The van der Waals surface area contributed by atoms with Crippen LogP contribution in [0.2, 0.25) is 0 Å². The van der Waals surface area contributed by atoms with E-state index in [9.17, 15) is 18.9 Å². The molecule has 0 amide bonds. The van der Waals surface area contributed by atoms with E-state index in [4.69, 9.17) is 14.6 Å². The number of carboxylic acids is 2. The molecule has 0 radical (unpaired) electrons. The number of aliphatic carboxylic acids is 2. The summed E-state index contributed by atoms with van der Waals surface area (Å²) in [5.74, 6) is -0.369. The lowest BCUT2D eigenvalue weighted by molar-refractivity contribution is -0.138. The van der Waals surface area contributed by atoms with E-state index in [-0.39, 0.29) is 19.4 Å². The van der Waals surface area contributed by atoms with Crippen molar-refractivity contribution in [3.8, 4) is 22.6 Å². The third-order valence-corrected chi connectivity index (χ3v) is 8.50. The summed E-state index contributed by atoms with van der Waals surface area (Å²) in [5.41, 5.74) is 4.01. The fraction of sp³-hybridized carbons (Fsp3) is 0.394. The average molecular weight is 613 g/mol. The molecule has 0 aromatic heterocycles. The maximum absolute atomic E-state index is 12.3. The first-order chi connectivity index (χ1) is 20.3. The number of ether oxygens (including phenoxy) is 2. The number of carboxylic acid groups (broad SMARTS) is 2. The van der Waals surface area contributed by atoms with Crippen LogP contribution in [0.25, 0.3) is 11.1 Å². The first-order valence-corrected chi connectivity index (χ1v) is 17.0. The monoisotopic (exact) mass is 612 g/mol. The van der Waals surface area contributed by atoms with Gasteiger partial charge in [-0.25, -0.2) is 0 Å². The molecule has 7 nitrogen and oxygen atoms in total. The SMILES string of the molecule is CSc1ccc(-c2cc(OCCCCCCc3cccc(OCCCC(=O)O)c3CCC(=O)O)cc(S(C)=O)c2)cc1. The normalized spacial score (nSPS) is 11.7. The van der Waals surface area contributed by atoms with Crippen LogP contribution >= 0.6 is 11.8 Å². The molecule has 0 saturated heterocycles. The van der Waals surface area contributed by atoms with E-state index < -0.39 is 22.7 Å². The van der Waals surface area contributed by atoms with Crippen molar-refractivity contribution in [2.75, 3.05) is 25.7 Å². The van der Waals surface area contributed by atoms with Crippen molar-refractivity contribution in [2.24, 2.45) is 0 Å². The van der Waals surface area contributed by atoms with Gasteiger partial charge >= 0.3 is 11.9 Å². The van der Waals surface area contributed by atoms with Gasteiger partial charge in [-0.05, 0) is 97.0 Å². The Kier molecular flexibility index (Phi) is 13.9. The van der Waals surface area contributed by atoms with Gasteiger partial charge in [0, 0.05) is 39.7 Å². The molecule has 3 aromatic carbocycles. The molecular weight excluding hydrogens is 572 g/mol. The number of aryl methyl sites for hydroxylation is 1. The molecule has 0 aliphatic rings. The number of carbonyl (C=O) groups is 2. The molecule has 3 rings (SSSR count). The second kappa shape index (κ2) is 17.6. The highest BCUT2D eigenvalue weighted by Crippen LogP contribution is 2.30. The van der Waals surface area contributed by atoms with Crippen molar-refractivity contribution in [3.63, 3.8) is 0 Å². The third kappa shape index (κ3) is 11.2. The van der Waals surface area contributed by atoms with Crippen molar-refractivity contribution in [1.29, 1.82) is 0 Å². The summed E-state index contributed by atoms with van der Waals surface area (Å²) in [7, 11) is -1.12. The zero-order chi connectivity index (χ0) is 30.3. The lowest BCUT2D eigenvalue weighted by Gasteiger charge is -2.15. The molecular formula is C33H40O7S2. The zero-order valence-corrected chi connectivity index (χ0v) is 25.9. The fourth-order valence-electron chi connectivity index (χ4n) is 4.63. The summed E-state index contributed by atoms with van der Waals surface area (Å²) in [6.07, 6.45) is 9.16. The molecule has 9 heteroatoms. The van der Waals surface area contributed by atoms with E-state index in [1.165, 1.54) is 4.90 Å². The molecule has 0 fully saturated rings. The standard InChI is InChI=1S/C33H40O7S2/c1-41-28-15-13-24(14-16-28)26-21-27(23-29(22-26)42(2)38)39-19-6-4-3-5-9-25-10-7-11-31(30(25)17-18-33(36)37)40-20-8-12-32(34)35/h7,10-11,13-16,21-23H,3-6,8-9,12,17-20H2,1-2H3,(H,34,35)(H,36,37). The van der Waals surface area contributed by atoms with Crippen molar-refractivity contribution in [3.05, 3.63) is 71.8 Å². The van der Waals surface area contributed by atoms with E-state index >= 15 is 0 Å². The number of hydrogen-bond acceptors (Lipinski definition) is 6. The Morgan fingerprint density at radius 3 is 2.19 bits per heavy atom. The maximum Gasteiger partial charge on any atom is 0.303 e. The molecule has 0 spiro atoms. The molecule has 0 bridgehead atoms. The highest BCUT2D eigenvalue weighted by atomic mass is 32.2. The van der Waals surface area contributed by atoms with Crippen LogP contribution in [0.15, 0.2) is 70.5 Å². The summed E-state index contributed by atoms with van der Waals surface area (Å²) < 4.78 is 24.2. The van der Waals surface area contributed by atoms with Gasteiger partial charge in [-0.1, -0.05) is 37.1 Å². The van der Waals surface area contributed by atoms with Crippen molar-refractivity contribution in [2.45, 2.75) is 67.6 Å². The highest BCUT2D eigenvalue weighted by molar-refractivity contribution is 7.98. The first kappa shape index (κ1) is 33.2. The van der Waals surface area contributed by atoms with Gasteiger partial charge in [0.25, 0.3) is 0 Å². The van der Waals surface area contributed by atoms with Gasteiger partial charge in [0.05, 0.1) is 13.2 Å². The smallest absolute Gasteiger partial charge is 0.303 e. The zero-order valence-electron chi connectivity index (χ0n) is 24.3. The Labute approximate surface area is 255 Å². The van der Waals surface area contributed by atoms with Gasteiger partial charge in [-0.3, -0.25) is 13.8 Å². The predicted molar refractivity (Wildman–Crippen MR) is 168 cm³/mol. The summed E-state index contributed by atoms with van der Waals surface area (Å²) in [4.78, 5) is 23.9. The van der Waals surface area contributed by atoms with Crippen molar-refractivity contribution in [1.82, 2.24) is 0 Å². The Morgan fingerprint density at radius 1 is 0.786 bits per heavy atom. The van der Waals surface area contributed by atoms with Crippen LogP contribution in [-0.2, 0) is 33.2 Å². The van der Waals surface area contributed by atoms with Crippen LogP contribution in [0.1, 0.15) is 56.1 Å². The molecule has 0 heterocycles. The lowest BCUT2D eigenvalue weighted by atomic mass is 9.97. The number of hydrogen-bond donors (Lipinski definition) is 2. The highest BCUT2D eigenvalue weighted by Gasteiger charge is 2.12. The maximum atomic E-state index is 12.3. The predicted octanol–water partition coefficient (Wildman–Crippen LogP) is 7.26. The van der Waals surface area contributed by atoms with Crippen LogP contribution in [0, 0.1) is 0 Å². The topological polar surface area (TPSA) is 110 Å². The number of thioether (sulfide) groups is 1. The summed E-state index contributed by atoms with van der Waals surface area (Å²) >= 11 is 1.69. The quantitative estimate of drug-likeness (QED) is 0.108. The van der Waals surface area contributed by atoms with E-state index in [2.05, 4.69) is 24.3 Å². The van der Waals surface area contributed by atoms with E-state index in [0.29, 0.717) is 25.2 Å². The third-order valence-electron chi connectivity index (χ3n) is 6.86. The second-order valence-electron chi connectivity index (χ2n) is 10.0. The van der Waals surface area contributed by atoms with E-state index in [1.807, 2.05) is 42.7 Å². The summed E-state index contributed by atoms with van der Waals surface area (Å²) in [6, 6.07) is 19.9. The largest absolute Gasteiger partial charge is 0.494 e. The van der Waals surface area contributed by atoms with Gasteiger partial charge in [0.2, 0.25) is 0 Å². The summed E-state index contributed by atoms with van der Waals surface area (Å²) in [6.45, 7) is 0.840. The number of rotatable bonds is 19. The van der Waals surface area contributed by atoms with E-state index in [0.717, 1.165) is 65.0 Å². The molecule has 226 valence electrons. The second-order valence-corrected chi connectivity index (χ2v) is 12.3. The van der Waals surface area contributed by atoms with Crippen molar-refractivity contribution < 1.29 is 33.5 Å². The van der Waals surface area contributed by atoms with Crippen molar-refractivity contribution >= 4 is 34.5 Å². The molecule has 0 saturated carbocycles. The molecule has 1 atom stereocenters. The van der Waals surface area contributed by atoms with E-state index in [1.54, 1.807) is 18.0 Å². The first-order valence-electron chi connectivity index (χ1n) is 14.2. The van der Waals surface area contributed by atoms with Crippen LogP contribution in [0.4, 0.5) is 0 Å². The number of benzene rings is 3. The van der Waals surface area contributed by atoms with Gasteiger partial charge in [0.15, 0.2) is 0 Å².